The molecule has 2 N–H and O–H groups in total. The van der Waals surface area contributed by atoms with Gasteiger partial charge in [-0.1, -0.05) is 0 Å². The van der Waals surface area contributed by atoms with Crippen LogP contribution >= 0.6 is 0 Å². The van der Waals surface area contributed by atoms with Crippen molar-refractivity contribution in [1.82, 2.24) is 0 Å². The quantitative estimate of drug-likeness (QED) is 0.231. The van der Waals surface area contributed by atoms with Gasteiger partial charge in [-0.2, -0.15) is 0 Å². The van der Waals surface area contributed by atoms with Gasteiger partial charge in [0.1, 0.15) is 24.7 Å². The first-order valence-corrected chi connectivity index (χ1v) is 14.4. The van der Waals surface area contributed by atoms with Gasteiger partial charge in [0.05, 0.1) is 13.2 Å². The van der Waals surface area contributed by atoms with Crippen molar-refractivity contribution in [3.05, 3.63) is 48.5 Å². The van der Waals surface area contributed by atoms with Crippen molar-refractivity contribution in [3.8, 4) is 11.5 Å². The van der Waals surface area contributed by atoms with Gasteiger partial charge in [0.25, 0.3) is 0 Å². The van der Waals surface area contributed by atoms with Crippen LogP contribution in [0, 0.1) is 0 Å². The van der Waals surface area contributed by atoms with Crippen LogP contribution in [0.4, 0.5) is 16.9 Å². The Balaban J connectivity index is 0.000000480. The molecule has 4 nitrogen and oxygen atoms in total. The monoisotopic (exact) mass is 542 g/mol. The second-order valence-corrected chi connectivity index (χ2v) is 11.9. The zero-order valence-electron chi connectivity index (χ0n) is 14.3. The number of aliphatic hydroxyl groups excluding tert-OH is 2. The second kappa shape index (κ2) is 9.47. The molecule has 0 amide bonds. The average molecular weight is 543 g/mol. The molecule has 0 saturated heterocycles. The number of rotatable bonds is 8. The molecule has 2 aromatic carbocycles. The summed E-state index contributed by atoms with van der Waals surface area (Å²) in [6.07, 6.45) is 0. The van der Waals surface area contributed by atoms with Crippen LogP contribution in [0.2, 0.25) is 0 Å². The molecular formula is C16H19F6O4SSb. The Bertz CT molecular complexity index is 663. The number of benzene rings is 2. The Morgan fingerprint density at radius 3 is 1.18 bits per heavy atom. The average Bonchev–Trinajstić information content (AvgIpc) is 2.58. The molecular weight excluding hydrogens is 524 g/mol. The van der Waals surface area contributed by atoms with Crippen LogP contribution in [0.5, 0.6) is 11.5 Å². The summed E-state index contributed by atoms with van der Waals surface area (Å²) in [7, 11) is 0. The fourth-order valence-corrected chi connectivity index (χ4v) is 2.60. The van der Waals surface area contributed by atoms with Gasteiger partial charge >= 0.3 is 36.4 Å². The van der Waals surface area contributed by atoms with Crippen LogP contribution in [0.25, 0.3) is 0 Å². The number of halogens is 6. The Hall–Kier alpha value is -1.29. The van der Waals surface area contributed by atoms with Gasteiger partial charge in [-0.15, -0.1) is 0 Å². The summed E-state index contributed by atoms with van der Waals surface area (Å²) in [6.45, 7) is 0.661. The molecule has 0 heterocycles. The molecule has 28 heavy (non-hydrogen) atoms. The summed E-state index contributed by atoms with van der Waals surface area (Å²) in [5.74, 6) is 1.52. The minimum absolute atomic E-state index is 0.0186. The summed E-state index contributed by atoms with van der Waals surface area (Å²) in [5.41, 5.74) is 0. The number of ether oxygens (including phenoxy) is 2. The van der Waals surface area contributed by atoms with E-state index in [1.165, 1.54) is 0 Å². The van der Waals surface area contributed by atoms with Crippen molar-refractivity contribution in [1.29, 1.82) is 0 Å². The molecule has 2 aromatic rings. The summed E-state index contributed by atoms with van der Waals surface area (Å²) in [4.78, 5) is 2.32. The van der Waals surface area contributed by atoms with E-state index < -0.39 is 19.5 Å². The summed E-state index contributed by atoms with van der Waals surface area (Å²) < 4.78 is 70.2. The Labute approximate surface area is 164 Å². The number of hydrogen-bond acceptors (Lipinski definition) is 4. The van der Waals surface area contributed by atoms with Crippen LogP contribution in [0.3, 0.4) is 0 Å². The molecule has 0 aromatic heterocycles. The fourth-order valence-electron chi connectivity index (χ4n) is 1.71. The van der Waals surface area contributed by atoms with E-state index in [2.05, 4.69) is 0 Å². The van der Waals surface area contributed by atoms with Gasteiger partial charge in [0.2, 0.25) is 0 Å². The molecule has 0 aliphatic rings. The van der Waals surface area contributed by atoms with Crippen LogP contribution in [0.1, 0.15) is 0 Å². The van der Waals surface area contributed by atoms with E-state index in [1.807, 2.05) is 48.5 Å². The van der Waals surface area contributed by atoms with Gasteiger partial charge < -0.3 is 19.7 Å². The summed E-state index contributed by atoms with van der Waals surface area (Å²) in [6, 6.07) is 15.6. The number of hydrogen-bond donors (Lipinski definition) is 2. The van der Waals surface area contributed by atoms with E-state index >= 15 is 0 Å². The molecule has 160 valence electrons. The molecule has 12 heteroatoms. The Morgan fingerprint density at radius 2 is 0.929 bits per heavy atom. The van der Waals surface area contributed by atoms with Crippen molar-refractivity contribution >= 4 is 31.2 Å². The molecule has 0 aliphatic carbocycles. The zero-order chi connectivity index (χ0) is 21.3. The fraction of sp³-hybridized carbons (Fsp3) is 0.250. The van der Waals surface area contributed by atoms with Crippen LogP contribution in [-0.2, 0) is 11.8 Å². The van der Waals surface area contributed by atoms with Crippen molar-refractivity contribution in [2.24, 2.45) is 0 Å². The molecule has 0 atom stereocenters. The van der Waals surface area contributed by atoms with E-state index in [9.17, 15) is 16.9 Å². The zero-order valence-corrected chi connectivity index (χ0v) is 17.8. The van der Waals surface area contributed by atoms with Crippen molar-refractivity contribution in [2.45, 2.75) is 9.79 Å². The maximum absolute atomic E-state index is 11.2. The first-order valence-electron chi connectivity index (χ1n) is 7.72. The Morgan fingerprint density at radius 1 is 0.643 bits per heavy atom. The van der Waals surface area contributed by atoms with Crippen LogP contribution < -0.4 is 9.47 Å². The van der Waals surface area contributed by atoms with E-state index in [4.69, 9.17) is 19.7 Å². The second-order valence-electron chi connectivity index (χ2n) is 5.20. The number of aliphatic hydroxyl groups is 2. The van der Waals surface area contributed by atoms with Gasteiger partial charge in [0, 0.05) is 11.8 Å². The third-order valence-corrected chi connectivity index (χ3v) is 3.76. The van der Waals surface area contributed by atoms with Crippen molar-refractivity contribution in [3.63, 3.8) is 0 Å². The van der Waals surface area contributed by atoms with Crippen LogP contribution in [0.15, 0.2) is 58.3 Å². The molecule has 0 radical (unpaired) electrons. The van der Waals surface area contributed by atoms with Crippen LogP contribution in [-0.4, -0.2) is 56.1 Å². The van der Waals surface area contributed by atoms with Gasteiger partial charge in [-0.3, -0.25) is 0 Å². The Kier molecular flexibility index (Phi) is 8.37. The third-order valence-electron chi connectivity index (χ3n) is 2.65. The molecule has 0 bridgehead atoms. The van der Waals surface area contributed by atoms with E-state index in [1.54, 1.807) is 0 Å². The first-order chi connectivity index (χ1) is 12.8. The normalized spacial score (nSPS) is 13.6. The van der Waals surface area contributed by atoms with Crippen molar-refractivity contribution < 1.29 is 36.6 Å². The predicted octanol–water partition coefficient (Wildman–Crippen LogP) is 3.80. The first kappa shape index (κ1) is 24.7. The SMILES string of the molecule is OCCOc1ccc([SH+]c2ccc(OCCO)cc2)cc1.[F][Sb-]([F])([F])([F])([F])[F]. The predicted molar refractivity (Wildman–Crippen MR) is 95.7 cm³/mol. The molecule has 0 aliphatic heterocycles. The standard InChI is InChI=1S/C16H18O4S.6FH.Sb/c17-9-11-19-13-1-5-15(6-2-13)21-16-7-3-14(4-8-16)20-12-10-18;;;;;;;/h1-8,17-18H,9-12H2;6*1H;/q;;;;;;;+5/p-5. The maximum atomic E-state index is 9.93. The van der Waals surface area contributed by atoms with E-state index in [-0.39, 0.29) is 13.2 Å². The number of thiol groups is 1. The molecule has 0 saturated carbocycles. The van der Waals surface area contributed by atoms with Gasteiger partial charge in [-0.05, 0) is 48.5 Å². The van der Waals surface area contributed by atoms with E-state index in [0.717, 1.165) is 33.1 Å². The summed E-state index contributed by atoms with van der Waals surface area (Å²) >= 11 is -10.1. The topological polar surface area (TPSA) is 58.9 Å². The van der Waals surface area contributed by atoms with E-state index in [0.29, 0.717) is 13.2 Å². The minimum atomic E-state index is -11.2. The van der Waals surface area contributed by atoms with Gasteiger partial charge in [-0.25, -0.2) is 0 Å². The van der Waals surface area contributed by atoms with Crippen molar-refractivity contribution in [2.75, 3.05) is 26.4 Å². The van der Waals surface area contributed by atoms with Gasteiger partial charge in [0.15, 0.2) is 9.79 Å². The molecule has 0 fully saturated rings. The third kappa shape index (κ3) is 14.7. The molecule has 2 rings (SSSR count). The molecule has 0 spiro atoms. The molecule has 0 unspecified atom stereocenters. The summed E-state index contributed by atoms with van der Waals surface area (Å²) in [5, 5.41) is 17.4.